The van der Waals surface area contributed by atoms with Crippen LogP contribution in [-0.2, 0) is 12.8 Å². The molecule has 0 saturated heterocycles. The highest BCUT2D eigenvalue weighted by molar-refractivity contribution is 7.34. The lowest BCUT2D eigenvalue weighted by atomic mass is 9.98. The van der Waals surface area contributed by atoms with E-state index in [2.05, 4.69) is 108 Å². The Morgan fingerprint density at radius 2 is 1.03 bits per heavy atom. The molecular formula is C26H34S4. The Labute approximate surface area is 198 Å². The van der Waals surface area contributed by atoms with Gasteiger partial charge in [-0.2, -0.15) is 0 Å². The van der Waals surface area contributed by atoms with Gasteiger partial charge >= 0.3 is 0 Å². The normalized spacial score (nSPS) is 12.7. The van der Waals surface area contributed by atoms with E-state index in [1.807, 2.05) is 0 Å². The molecular weight excluding hydrogens is 441 g/mol. The Hall–Kier alpha value is -0.680. The summed E-state index contributed by atoms with van der Waals surface area (Å²) in [7, 11) is 0. The Balaban J connectivity index is 2.01. The van der Waals surface area contributed by atoms with E-state index in [0.29, 0.717) is 17.8 Å². The van der Waals surface area contributed by atoms with E-state index < -0.39 is 0 Å². The Kier molecular flexibility index (Phi) is 6.26. The van der Waals surface area contributed by atoms with E-state index in [4.69, 9.17) is 0 Å². The maximum atomic E-state index is 2.37. The fourth-order valence-corrected chi connectivity index (χ4v) is 11.2. The zero-order valence-corrected chi connectivity index (χ0v) is 23.0. The van der Waals surface area contributed by atoms with Gasteiger partial charge in [-0.15, -0.1) is 45.3 Å². The number of fused-ring (bicyclic) bond motifs is 2. The molecule has 0 fully saturated rings. The van der Waals surface area contributed by atoms with Crippen LogP contribution in [0.3, 0.4) is 0 Å². The highest BCUT2D eigenvalue weighted by Crippen LogP contribution is 2.54. The van der Waals surface area contributed by atoms with E-state index in [1.165, 1.54) is 5.56 Å². The van der Waals surface area contributed by atoms with Crippen LogP contribution in [0.1, 0.15) is 105 Å². The van der Waals surface area contributed by atoms with Crippen LogP contribution in [-0.4, -0.2) is 0 Å². The quantitative estimate of drug-likeness (QED) is 0.260. The van der Waals surface area contributed by atoms with Crippen LogP contribution in [0.25, 0.3) is 28.6 Å². The fraction of sp³-hybridized carbons (Fsp3) is 0.538. The van der Waals surface area contributed by atoms with E-state index >= 15 is 0 Å². The molecule has 0 atom stereocenters. The number of rotatable bonds is 6. The van der Waals surface area contributed by atoms with Crippen molar-refractivity contribution in [2.75, 3.05) is 0 Å². The van der Waals surface area contributed by atoms with Gasteiger partial charge in [0, 0.05) is 38.3 Å². The number of hydrogen-bond acceptors (Lipinski definition) is 4. The summed E-state index contributed by atoms with van der Waals surface area (Å²) in [5, 5.41) is 0. The molecule has 0 spiro atoms. The second-order valence-corrected chi connectivity index (χ2v) is 13.4. The minimum atomic E-state index is 0.584. The molecule has 0 radical (unpaired) electrons. The average Bonchev–Trinajstić information content (AvgIpc) is 3.38. The monoisotopic (exact) mass is 474 g/mol. The highest BCUT2D eigenvalue weighted by atomic mass is 32.1. The van der Waals surface area contributed by atoms with Crippen molar-refractivity contribution in [1.29, 1.82) is 0 Å². The molecule has 4 rings (SSSR count). The van der Waals surface area contributed by atoms with Crippen molar-refractivity contribution < 1.29 is 0 Å². The molecule has 0 aliphatic heterocycles. The van der Waals surface area contributed by atoms with Crippen molar-refractivity contribution in [3.8, 4) is 9.75 Å². The third-order valence-corrected chi connectivity index (χ3v) is 12.4. The minimum Gasteiger partial charge on any atom is -0.139 e. The summed E-state index contributed by atoms with van der Waals surface area (Å²) in [6.07, 6.45) is 2.24. The Morgan fingerprint density at radius 1 is 0.567 bits per heavy atom. The van der Waals surface area contributed by atoms with Crippen molar-refractivity contribution in [2.45, 2.75) is 92.9 Å². The van der Waals surface area contributed by atoms with E-state index in [-0.39, 0.29) is 0 Å². The van der Waals surface area contributed by atoms with Gasteiger partial charge in [-0.3, -0.25) is 0 Å². The first-order valence-corrected chi connectivity index (χ1v) is 14.6. The van der Waals surface area contributed by atoms with Crippen LogP contribution >= 0.6 is 45.3 Å². The van der Waals surface area contributed by atoms with Crippen LogP contribution in [0.15, 0.2) is 0 Å². The second kappa shape index (κ2) is 8.35. The molecule has 4 heterocycles. The van der Waals surface area contributed by atoms with Gasteiger partial charge in [0.05, 0.1) is 0 Å². The first-order chi connectivity index (χ1) is 14.2. The number of thiophene rings is 4. The van der Waals surface area contributed by atoms with Gasteiger partial charge in [0.15, 0.2) is 0 Å². The first kappa shape index (κ1) is 22.5. The van der Waals surface area contributed by atoms with Crippen LogP contribution in [0, 0.1) is 6.92 Å². The molecule has 0 aromatic carbocycles. The predicted molar refractivity (Wildman–Crippen MR) is 144 cm³/mol. The second-order valence-electron chi connectivity index (χ2n) is 9.28. The number of aryl methyl sites for hydroxylation is 3. The molecule has 0 aliphatic rings. The van der Waals surface area contributed by atoms with Gasteiger partial charge in [0.1, 0.15) is 0 Å². The van der Waals surface area contributed by atoms with Crippen molar-refractivity contribution in [3.63, 3.8) is 0 Å². The van der Waals surface area contributed by atoms with Gasteiger partial charge in [-0.1, -0.05) is 55.4 Å². The van der Waals surface area contributed by atoms with Crippen LogP contribution in [0.4, 0.5) is 0 Å². The summed E-state index contributed by atoms with van der Waals surface area (Å²) in [6, 6.07) is 0. The molecule has 0 N–H and O–H groups in total. The molecule has 30 heavy (non-hydrogen) atoms. The summed E-state index contributed by atoms with van der Waals surface area (Å²) in [5.41, 5.74) is 6.33. The number of hydrogen-bond donors (Lipinski definition) is 0. The van der Waals surface area contributed by atoms with Crippen molar-refractivity contribution in [2.24, 2.45) is 0 Å². The fourth-order valence-electron chi connectivity index (χ4n) is 4.65. The summed E-state index contributed by atoms with van der Waals surface area (Å²) in [5.74, 6) is 1.81. The van der Waals surface area contributed by atoms with E-state index in [0.717, 1.165) is 12.8 Å². The zero-order chi connectivity index (χ0) is 21.9. The molecule has 0 amide bonds. The lowest BCUT2D eigenvalue weighted by Gasteiger charge is -2.10. The maximum Gasteiger partial charge on any atom is 0.0499 e. The van der Waals surface area contributed by atoms with E-state index in [1.54, 1.807) is 55.0 Å². The average molecular weight is 475 g/mol. The largest absolute Gasteiger partial charge is 0.139 e. The molecule has 162 valence electrons. The van der Waals surface area contributed by atoms with E-state index in [9.17, 15) is 0 Å². The molecule has 4 aromatic rings. The molecule has 0 unspecified atom stereocenters. The van der Waals surface area contributed by atoms with Crippen molar-refractivity contribution in [1.82, 2.24) is 0 Å². The summed E-state index contributed by atoms with van der Waals surface area (Å²) < 4.78 is 6.25. The minimum absolute atomic E-state index is 0.584. The van der Waals surface area contributed by atoms with Gasteiger partial charge in [0.25, 0.3) is 0 Å². The Morgan fingerprint density at radius 3 is 1.50 bits per heavy atom. The molecule has 4 heteroatoms. The lowest BCUT2D eigenvalue weighted by Crippen LogP contribution is -1.92. The lowest BCUT2D eigenvalue weighted by molar-refractivity contribution is 0.816. The van der Waals surface area contributed by atoms with Crippen LogP contribution < -0.4 is 0 Å². The van der Waals surface area contributed by atoms with Crippen molar-refractivity contribution >= 4 is 64.1 Å². The van der Waals surface area contributed by atoms with Gasteiger partial charge < -0.3 is 0 Å². The smallest absolute Gasteiger partial charge is 0.0499 e. The Bertz CT molecular complexity index is 1200. The molecule has 0 bridgehead atoms. The molecule has 0 nitrogen and oxygen atoms in total. The van der Waals surface area contributed by atoms with Gasteiger partial charge in [0.2, 0.25) is 0 Å². The topological polar surface area (TPSA) is 0 Å². The zero-order valence-electron chi connectivity index (χ0n) is 19.8. The standard InChI is InChI=1S/C26H34S4/c1-10-16-22-21(15(9)19(27-22)13(5)6)29-23(16)24-17(11-2)25-26(30-24)18(12(3)4)20(28-25)14(7)8/h12-14H,10-11H2,1-9H3. The molecule has 0 saturated carbocycles. The summed E-state index contributed by atoms with van der Waals surface area (Å²) in [4.78, 5) is 6.30. The summed E-state index contributed by atoms with van der Waals surface area (Å²) in [6.45, 7) is 21.1. The van der Waals surface area contributed by atoms with Crippen LogP contribution in [0.5, 0.6) is 0 Å². The highest BCUT2D eigenvalue weighted by Gasteiger charge is 2.27. The maximum absolute atomic E-state index is 2.37. The van der Waals surface area contributed by atoms with Crippen LogP contribution in [0.2, 0.25) is 0 Å². The SMILES string of the molecule is CCc1c(-c2sc3c(C(C)C)c(C(C)C)sc3c2CC)sc2c(C)c(C(C)C)sc12. The predicted octanol–water partition coefficient (Wildman–Crippen LogP) is 10.7. The van der Waals surface area contributed by atoms with Gasteiger partial charge in [-0.05, 0) is 59.8 Å². The first-order valence-electron chi connectivity index (χ1n) is 11.3. The molecule has 4 aromatic heterocycles. The summed E-state index contributed by atoms with van der Waals surface area (Å²) >= 11 is 8.28. The van der Waals surface area contributed by atoms with Crippen molar-refractivity contribution in [3.05, 3.63) is 32.0 Å². The van der Waals surface area contributed by atoms with Gasteiger partial charge in [-0.25, -0.2) is 0 Å². The third-order valence-electron chi connectivity index (χ3n) is 6.10. The third kappa shape index (κ3) is 3.34. The molecule has 0 aliphatic carbocycles.